The van der Waals surface area contributed by atoms with E-state index in [4.69, 9.17) is 23.8 Å². The molecule has 0 amide bonds. The van der Waals surface area contributed by atoms with E-state index in [0.717, 1.165) is 71.7 Å². The number of benzene rings is 6. The second-order valence-corrected chi connectivity index (χ2v) is 10.8. The number of hydrogen-bond acceptors (Lipinski definition) is 5. The van der Waals surface area contributed by atoms with Crippen molar-refractivity contribution in [3.8, 4) is 45.3 Å². The molecule has 0 N–H and O–H groups in total. The Morgan fingerprint density at radius 1 is 0.341 bits per heavy atom. The van der Waals surface area contributed by atoms with Crippen molar-refractivity contribution in [2.45, 2.75) is 0 Å². The molecule has 5 heteroatoms. The minimum Gasteiger partial charge on any atom is -0.456 e. The van der Waals surface area contributed by atoms with Gasteiger partial charge in [-0.05, 0) is 47.5 Å². The van der Waals surface area contributed by atoms with Gasteiger partial charge in [0.05, 0.1) is 0 Å². The highest BCUT2D eigenvalue weighted by Gasteiger charge is 2.19. The van der Waals surface area contributed by atoms with Gasteiger partial charge in [0.1, 0.15) is 22.3 Å². The molecule has 0 spiro atoms. The molecule has 5 nitrogen and oxygen atoms in total. The molecule has 0 aliphatic heterocycles. The highest BCUT2D eigenvalue weighted by atomic mass is 16.3. The van der Waals surface area contributed by atoms with Crippen LogP contribution in [0.5, 0.6) is 0 Å². The number of aromatic nitrogens is 3. The number of rotatable bonds is 4. The lowest BCUT2D eigenvalue weighted by atomic mass is 9.97. The lowest BCUT2D eigenvalue weighted by molar-refractivity contribution is 0.668. The first-order valence-electron chi connectivity index (χ1n) is 14.5. The fourth-order valence-corrected chi connectivity index (χ4v) is 6.04. The van der Waals surface area contributed by atoms with Gasteiger partial charge in [-0.25, -0.2) is 15.0 Å². The monoisotopic (exact) mass is 565 g/mol. The Morgan fingerprint density at radius 2 is 0.864 bits per heavy atom. The zero-order valence-electron chi connectivity index (χ0n) is 23.4. The van der Waals surface area contributed by atoms with Crippen LogP contribution < -0.4 is 0 Å². The molecule has 0 radical (unpaired) electrons. The molecule has 0 aliphatic carbocycles. The predicted octanol–water partition coefficient (Wildman–Crippen LogP) is 10.3. The van der Waals surface area contributed by atoms with Gasteiger partial charge in [-0.2, -0.15) is 0 Å². The summed E-state index contributed by atoms with van der Waals surface area (Å²) in [6.45, 7) is 0. The predicted molar refractivity (Wildman–Crippen MR) is 176 cm³/mol. The molecule has 6 aromatic carbocycles. The molecule has 9 rings (SSSR count). The summed E-state index contributed by atoms with van der Waals surface area (Å²) in [5, 5.41) is 4.30. The molecular formula is C39H23N3O2. The van der Waals surface area contributed by atoms with Crippen LogP contribution in [0.25, 0.3) is 89.2 Å². The van der Waals surface area contributed by atoms with Crippen molar-refractivity contribution < 1.29 is 8.83 Å². The summed E-state index contributed by atoms with van der Waals surface area (Å²) in [6, 6.07) is 47.0. The van der Waals surface area contributed by atoms with Crippen molar-refractivity contribution in [3.05, 3.63) is 140 Å². The smallest absolute Gasteiger partial charge is 0.164 e. The highest BCUT2D eigenvalue weighted by molar-refractivity contribution is 6.13. The average Bonchev–Trinajstić information content (AvgIpc) is 3.66. The molecule has 3 aromatic heterocycles. The number of fused-ring (bicyclic) bond motifs is 6. The van der Waals surface area contributed by atoms with Crippen LogP contribution in [-0.4, -0.2) is 15.0 Å². The van der Waals surface area contributed by atoms with Crippen LogP contribution in [-0.2, 0) is 0 Å². The second kappa shape index (κ2) is 9.75. The van der Waals surface area contributed by atoms with E-state index in [1.807, 2.05) is 84.9 Å². The van der Waals surface area contributed by atoms with Gasteiger partial charge in [0.15, 0.2) is 17.5 Å². The molecule has 0 unspecified atom stereocenters. The van der Waals surface area contributed by atoms with Gasteiger partial charge < -0.3 is 8.83 Å². The van der Waals surface area contributed by atoms with Crippen molar-refractivity contribution in [1.82, 2.24) is 15.0 Å². The van der Waals surface area contributed by atoms with E-state index in [-0.39, 0.29) is 0 Å². The molecule has 0 bridgehead atoms. The Morgan fingerprint density at radius 3 is 1.61 bits per heavy atom. The quantitative estimate of drug-likeness (QED) is 0.212. The zero-order chi connectivity index (χ0) is 29.0. The zero-order valence-corrected chi connectivity index (χ0v) is 23.4. The SMILES string of the molecule is c1ccc(-c2nc(-c3ccc4c(c3)oc3ccccc34)nc(-c3cc(-c4ccccc4)c4c(c3)oc3ccccc34)n2)cc1. The summed E-state index contributed by atoms with van der Waals surface area (Å²) >= 11 is 0. The van der Waals surface area contributed by atoms with Crippen LogP contribution >= 0.6 is 0 Å². The lowest BCUT2D eigenvalue weighted by Crippen LogP contribution is -2.00. The third kappa shape index (κ3) is 3.98. The fraction of sp³-hybridized carbons (Fsp3) is 0. The number of hydrogen-bond donors (Lipinski definition) is 0. The van der Waals surface area contributed by atoms with Crippen molar-refractivity contribution in [2.24, 2.45) is 0 Å². The van der Waals surface area contributed by atoms with Crippen LogP contribution in [0.1, 0.15) is 0 Å². The second-order valence-electron chi connectivity index (χ2n) is 10.8. The third-order valence-corrected chi connectivity index (χ3v) is 8.13. The molecule has 0 saturated carbocycles. The van der Waals surface area contributed by atoms with Crippen LogP contribution in [0.15, 0.2) is 148 Å². The van der Waals surface area contributed by atoms with Crippen LogP contribution in [0.4, 0.5) is 0 Å². The van der Waals surface area contributed by atoms with Crippen LogP contribution in [0.2, 0.25) is 0 Å². The minimum absolute atomic E-state index is 0.568. The summed E-state index contributed by atoms with van der Waals surface area (Å²) in [6.07, 6.45) is 0. The first kappa shape index (κ1) is 24.5. The van der Waals surface area contributed by atoms with Gasteiger partial charge in [-0.3, -0.25) is 0 Å². The fourth-order valence-electron chi connectivity index (χ4n) is 6.04. The lowest BCUT2D eigenvalue weighted by Gasteiger charge is -2.11. The first-order valence-corrected chi connectivity index (χ1v) is 14.5. The number of para-hydroxylation sites is 2. The summed E-state index contributed by atoms with van der Waals surface area (Å²) in [5.74, 6) is 1.74. The van der Waals surface area contributed by atoms with Gasteiger partial charge in [-0.1, -0.05) is 103 Å². The standard InChI is InChI=1S/C39H23N3O2/c1-3-11-24(12-4-1)31-21-27(23-35-36(31)30-16-8-10-18-33(30)44-35)39-41-37(25-13-5-2-6-14-25)40-38(42-39)26-19-20-29-28-15-7-9-17-32(28)43-34(29)22-26/h1-23H. The van der Waals surface area contributed by atoms with Gasteiger partial charge in [0, 0.05) is 38.2 Å². The minimum atomic E-state index is 0.568. The summed E-state index contributed by atoms with van der Waals surface area (Å²) in [7, 11) is 0. The Balaban J connectivity index is 1.29. The normalized spacial score (nSPS) is 11.6. The van der Waals surface area contributed by atoms with E-state index in [1.54, 1.807) is 0 Å². The summed E-state index contributed by atoms with van der Waals surface area (Å²) in [4.78, 5) is 15.0. The maximum absolute atomic E-state index is 6.40. The van der Waals surface area contributed by atoms with Crippen molar-refractivity contribution >= 4 is 43.9 Å². The van der Waals surface area contributed by atoms with Crippen LogP contribution in [0.3, 0.4) is 0 Å². The van der Waals surface area contributed by atoms with E-state index in [0.29, 0.717) is 17.5 Å². The third-order valence-electron chi connectivity index (χ3n) is 8.13. The Bertz CT molecular complexity index is 2500. The molecule has 3 heterocycles. The first-order chi connectivity index (χ1) is 21.8. The van der Waals surface area contributed by atoms with E-state index in [2.05, 4.69) is 54.6 Å². The van der Waals surface area contributed by atoms with E-state index >= 15 is 0 Å². The van der Waals surface area contributed by atoms with Gasteiger partial charge in [0.2, 0.25) is 0 Å². The molecule has 44 heavy (non-hydrogen) atoms. The molecule has 0 atom stereocenters. The van der Waals surface area contributed by atoms with Crippen molar-refractivity contribution in [2.75, 3.05) is 0 Å². The molecule has 0 saturated heterocycles. The maximum Gasteiger partial charge on any atom is 0.164 e. The molecular weight excluding hydrogens is 542 g/mol. The summed E-state index contributed by atoms with van der Waals surface area (Å²) < 4.78 is 12.6. The average molecular weight is 566 g/mol. The summed E-state index contributed by atoms with van der Waals surface area (Å²) in [5.41, 5.74) is 8.05. The molecule has 9 aromatic rings. The number of furan rings is 2. The van der Waals surface area contributed by atoms with Crippen molar-refractivity contribution in [3.63, 3.8) is 0 Å². The molecule has 0 fully saturated rings. The van der Waals surface area contributed by atoms with Crippen molar-refractivity contribution in [1.29, 1.82) is 0 Å². The van der Waals surface area contributed by atoms with Gasteiger partial charge in [0.25, 0.3) is 0 Å². The van der Waals surface area contributed by atoms with E-state index in [9.17, 15) is 0 Å². The Kier molecular flexibility index (Phi) is 5.43. The molecule has 206 valence electrons. The topological polar surface area (TPSA) is 65.0 Å². The van der Waals surface area contributed by atoms with E-state index < -0.39 is 0 Å². The van der Waals surface area contributed by atoms with Crippen LogP contribution in [0, 0.1) is 0 Å². The van der Waals surface area contributed by atoms with E-state index in [1.165, 1.54) is 0 Å². The largest absolute Gasteiger partial charge is 0.456 e. The van der Waals surface area contributed by atoms with Gasteiger partial charge in [-0.15, -0.1) is 0 Å². The molecule has 0 aliphatic rings. The number of nitrogens with zero attached hydrogens (tertiary/aromatic N) is 3. The Labute approximate surface area is 252 Å². The Hall–Kier alpha value is -6.07. The highest BCUT2D eigenvalue weighted by Crippen LogP contribution is 2.40. The van der Waals surface area contributed by atoms with Gasteiger partial charge >= 0.3 is 0 Å². The maximum atomic E-state index is 6.40.